The van der Waals surface area contributed by atoms with Crippen molar-refractivity contribution in [2.24, 2.45) is 5.92 Å². The van der Waals surface area contributed by atoms with Crippen LogP contribution in [0, 0.1) is 5.92 Å². The maximum absolute atomic E-state index is 12.2. The van der Waals surface area contributed by atoms with Crippen LogP contribution in [0.1, 0.15) is 19.3 Å². The molecule has 0 heterocycles. The number of hydrogen-bond acceptors (Lipinski definition) is 3. The first kappa shape index (κ1) is 13.4. The third-order valence-corrected chi connectivity index (χ3v) is 3.11. The van der Waals surface area contributed by atoms with Crippen molar-refractivity contribution in [1.29, 1.82) is 0 Å². The molecule has 5 heteroatoms. The van der Waals surface area contributed by atoms with Gasteiger partial charge in [-0.25, -0.2) is 0 Å². The molecular weight excluding hydrogens is 246 g/mol. The Morgan fingerprint density at radius 2 is 2.16 bits per heavy atom. The number of rotatable bonds is 6. The molecule has 0 spiro atoms. The highest BCUT2D eigenvalue weighted by Gasteiger charge is 2.34. The van der Waals surface area contributed by atoms with Gasteiger partial charge in [-0.05, 0) is 25.0 Å². The van der Waals surface area contributed by atoms with Crippen LogP contribution >= 0.6 is 0 Å². The summed E-state index contributed by atoms with van der Waals surface area (Å²) in [5, 5.41) is 8.78. The second-order valence-corrected chi connectivity index (χ2v) is 4.61. The Morgan fingerprint density at radius 1 is 1.42 bits per heavy atom. The summed E-state index contributed by atoms with van der Waals surface area (Å²) in [5.41, 5.74) is 0.692. The molecule has 0 radical (unpaired) electrons. The van der Waals surface area contributed by atoms with Crippen molar-refractivity contribution in [3.05, 3.63) is 24.3 Å². The number of nitrogens with zero attached hydrogens (tertiary/aromatic N) is 1. The molecule has 1 saturated carbocycles. The SMILES string of the molecule is COc1cccc(N(CCC(=O)O)C(=O)C2CC2)c1. The molecule has 1 aliphatic carbocycles. The molecule has 0 aromatic heterocycles. The lowest BCUT2D eigenvalue weighted by Gasteiger charge is -2.22. The van der Waals surface area contributed by atoms with Gasteiger partial charge in [-0.15, -0.1) is 0 Å². The van der Waals surface area contributed by atoms with Gasteiger partial charge in [0, 0.05) is 24.2 Å². The number of benzene rings is 1. The average Bonchev–Trinajstić information content (AvgIpc) is 3.23. The number of methoxy groups -OCH3 is 1. The Hall–Kier alpha value is -2.04. The Bertz CT molecular complexity index is 482. The fraction of sp³-hybridized carbons (Fsp3) is 0.429. The van der Waals surface area contributed by atoms with E-state index in [0.717, 1.165) is 12.8 Å². The van der Waals surface area contributed by atoms with E-state index in [9.17, 15) is 9.59 Å². The summed E-state index contributed by atoms with van der Waals surface area (Å²) in [6.45, 7) is 0.192. The zero-order chi connectivity index (χ0) is 13.8. The first-order valence-electron chi connectivity index (χ1n) is 6.29. The van der Waals surface area contributed by atoms with E-state index in [1.54, 1.807) is 36.3 Å². The molecule has 2 rings (SSSR count). The van der Waals surface area contributed by atoms with Crippen LogP contribution in [0.25, 0.3) is 0 Å². The summed E-state index contributed by atoms with van der Waals surface area (Å²) in [6, 6.07) is 7.13. The third-order valence-electron chi connectivity index (χ3n) is 3.11. The first-order chi connectivity index (χ1) is 9.11. The van der Waals surface area contributed by atoms with Crippen molar-refractivity contribution < 1.29 is 19.4 Å². The highest BCUT2D eigenvalue weighted by molar-refractivity contribution is 5.97. The molecule has 102 valence electrons. The van der Waals surface area contributed by atoms with Crippen LogP contribution in [-0.4, -0.2) is 30.6 Å². The number of amides is 1. The number of carbonyl (C=O) groups excluding carboxylic acids is 1. The second kappa shape index (κ2) is 5.73. The smallest absolute Gasteiger partial charge is 0.305 e. The van der Waals surface area contributed by atoms with E-state index in [-0.39, 0.29) is 24.8 Å². The number of carbonyl (C=O) groups is 2. The molecule has 0 unspecified atom stereocenters. The molecule has 5 nitrogen and oxygen atoms in total. The van der Waals surface area contributed by atoms with Crippen LogP contribution in [-0.2, 0) is 9.59 Å². The lowest BCUT2D eigenvalue weighted by molar-refractivity contribution is -0.136. The monoisotopic (exact) mass is 263 g/mol. The molecular formula is C14H17NO4. The minimum Gasteiger partial charge on any atom is -0.497 e. The van der Waals surface area contributed by atoms with E-state index in [2.05, 4.69) is 0 Å². The minimum absolute atomic E-state index is 0.00880. The van der Waals surface area contributed by atoms with Gasteiger partial charge in [0.25, 0.3) is 0 Å². The Morgan fingerprint density at radius 3 is 2.74 bits per heavy atom. The number of ether oxygens (including phenoxy) is 1. The normalized spacial score (nSPS) is 13.9. The maximum Gasteiger partial charge on any atom is 0.305 e. The van der Waals surface area contributed by atoms with Crippen molar-refractivity contribution in [3.8, 4) is 5.75 Å². The van der Waals surface area contributed by atoms with E-state index in [0.29, 0.717) is 11.4 Å². The van der Waals surface area contributed by atoms with E-state index in [4.69, 9.17) is 9.84 Å². The van der Waals surface area contributed by atoms with Crippen molar-refractivity contribution in [3.63, 3.8) is 0 Å². The molecule has 0 atom stereocenters. The number of anilines is 1. The van der Waals surface area contributed by atoms with E-state index in [1.165, 1.54) is 0 Å². The topological polar surface area (TPSA) is 66.8 Å². The highest BCUT2D eigenvalue weighted by atomic mass is 16.5. The van der Waals surface area contributed by atoms with Crippen LogP contribution in [0.5, 0.6) is 5.75 Å². The van der Waals surface area contributed by atoms with Crippen LogP contribution in [0.2, 0.25) is 0 Å². The van der Waals surface area contributed by atoms with Gasteiger partial charge in [0.05, 0.1) is 13.5 Å². The van der Waals surface area contributed by atoms with Gasteiger partial charge in [0.15, 0.2) is 0 Å². The van der Waals surface area contributed by atoms with Gasteiger partial charge in [-0.1, -0.05) is 6.07 Å². The van der Waals surface area contributed by atoms with Crippen molar-refractivity contribution >= 4 is 17.6 Å². The van der Waals surface area contributed by atoms with E-state index >= 15 is 0 Å². The van der Waals surface area contributed by atoms with Crippen molar-refractivity contribution in [2.45, 2.75) is 19.3 Å². The lowest BCUT2D eigenvalue weighted by Crippen LogP contribution is -2.34. The van der Waals surface area contributed by atoms with Crippen LogP contribution < -0.4 is 9.64 Å². The van der Waals surface area contributed by atoms with Crippen LogP contribution in [0.4, 0.5) is 5.69 Å². The van der Waals surface area contributed by atoms with Gasteiger partial charge < -0.3 is 14.7 Å². The summed E-state index contributed by atoms with van der Waals surface area (Å²) in [7, 11) is 1.56. The molecule has 0 saturated heterocycles. The first-order valence-corrected chi connectivity index (χ1v) is 6.29. The summed E-state index contributed by atoms with van der Waals surface area (Å²) in [5.74, 6) is -0.188. The molecule has 1 aromatic rings. The van der Waals surface area contributed by atoms with Gasteiger partial charge in [0.1, 0.15) is 5.75 Å². The molecule has 19 heavy (non-hydrogen) atoms. The number of hydrogen-bond donors (Lipinski definition) is 1. The summed E-state index contributed by atoms with van der Waals surface area (Å²) >= 11 is 0. The summed E-state index contributed by atoms with van der Waals surface area (Å²) in [4.78, 5) is 24.5. The molecule has 1 fully saturated rings. The maximum atomic E-state index is 12.2. The molecule has 0 aliphatic heterocycles. The molecule has 1 N–H and O–H groups in total. The predicted molar refractivity (Wildman–Crippen MR) is 70.3 cm³/mol. The fourth-order valence-electron chi connectivity index (χ4n) is 1.90. The predicted octanol–water partition coefficient (Wildman–Crippen LogP) is 1.91. The number of carboxylic acids is 1. The second-order valence-electron chi connectivity index (χ2n) is 4.61. The molecule has 0 bridgehead atoms. The van der Waals surface area contributed by atoms with Crippen molar-refractivity contribution in [2.75, 3.05) is 18.6 Å². The zero-order valence-electron chi connectivity index (χ0n) is 10.8. The van der Waals surface area contributed by atoms with Crippen molar-refractivity contribution in [1.82, 2.24) is 0 Å². The zero-order valence-corrected chi connectivity index (χ0v) is 10.8. The van der Waals surface area contributed by atoms with Crippen LogP contribution in [0.15, 0.2) is 24.3 Å². The lowest BCUT2D eigenvalue weighted by atomic mass is 10.2. The van der Waals surface area contributed by atoms with Gasteiger partial charge in [0.2, 0.25) is 5.91 Å². The van der Waals surface area contributed by atoms with Gasteiger partial charge in [-0.2, -0.15) is 0 Å². The molecule has 1 aromatic carbocycles. The number of carboxylic acid groups (broad SMARTS) is 1. The minimum atomic E-state index is -0.906. The Kier molecular flexibility index (Phi) is 4.04. The average molecular weight is 263 g/mol. The Balaban J connectivity index is 2.18. The highest BCUT2D eigenvalue weighted by Crippen LogP contribution is 2.33. The largest absolute Gasteiger partial charge is 0.497 e. The van der Waals surface area contributed by atoms with Gasteiger partial charge >= 0.3 is 5.97 Å². The van der Waals surface area contributed by atoms with E-state index < -0.39 is 5.97 Å². The summed E-state index contributed by atoms with van der Waals surface area (Å²) in [6.07, 6.45) is 1.73. The Labute approximate surface area is 111 Å². The standard InChI is InChI=1S/C14H17NO4/c1-19-12-4-2-3-11(9-12)15(8-7-13(16)17)14(18)10-5-6-10/h2-4,9-10H,5-8H2,1H3,(H,16,17). The molecule has 1 amide bonds. The molecule has 1 aliphatic rings. The van der Waals surface area contributed by atoms with E-state index in [1.807, 2.05) is 0 Å². The fourth-order valence-corrected chi connectivity index (χ4v) is 1.90. The quantitative estimate of drug-likeness (QED) is 0.851. The number of aliphatic carboxylic acids is 1. The van der Waals surface area contributed by atoms with Crippen LogP contribution in [0.3, 0.4) is 0 Å². The summed E-state index contributed by atoms with van der Waals surface area (Å²) < 4.78 is 5.13. The van der Waals surface area contributed by atoms with Gasteiger partial charge in [-0.3, -0.25) is 9.59 Å². The third kappa shape index (κ3) is 3.47.